The Bertz CT molecular complexity index is 1020. The molecule has 0 aliphatic rings. The number of halogens is 3. The van der Waals surface area contributed by atoms with E-state index < -0.39 is 31.5 Å². The van der Waals surface area contributed by atoms with Crippen LogP contribution in [-0.2, 0) is 17.0 Å². The number of isothiocyanates is 1. The van der Waals surface area contributed by atoms with Gasteiger partial charge in [-0.25, -0.2) is 5.41 Å². The van der Waals surface area contributed by atoms with Crippen molar-refractivity contribution in [2.75, 3.05) is 0 Å². The summed E-state index contributed by atoms with van der Waals surface area (Å²) in [6.07, 6.45) is -4.32. The third-order valence-electron chi connectivity index (χ3n) is 6.03. The number of rotatable bonds is 7. The van der Waals surface area contributed by atoms with Crippen LogP contribution in [0.5, 0.6) is 0 Å². The maximum absolute atomic E-state index is 14.0. The molecule has 1 radical (unpaired) electrons. The van der Waals surface area contributed by atoms with E-state index in [-0.39, 0.29) is 10.8 Å². The Balaban J connectivity index is 0.00000129. The van der Waals surface area contributed by atoms with Gasteiger partial charge in [-0.3, -0.25) is 0 Å². The van der Waals surface area contributed by atoms with Crippen LogP contribution < -0.4 is 3.58 Å². The van der Waals surface area contributed by atoms with Crippen molar-refractivity contribution in [2.24, 2.45) is 0 Å². The second-order valence-electron chi connectivity index (χ2n) is 9.60. The molecule has 3 aromatic carbocycles. The van der Waals surface area contributed by atoms with Crippen LogP contribution in [0, 0.1) is 5.41 Å². The van der Waals surface area contributed by atoms with E-state index in [2.05, 4.69) is 64.2 Å². The van der Waals surface area contributed by atoms with E-state index in [9.17, 15) is 13.2 Å². The molecule has 3 rings (SSSR count). The van der Waals surface area contributed by atoms with Crippen molar-refractivity contribution >= 4 is 40.7 Å². The molecule has 0 amide bonds. The van der Waals surface area contributed by atoms with Crippen molar-refractivity contribution in [1.29, 1.82) is 5.41 Å². The van der Waals surface area contributed by atoms with Gasteiger partial charge in [0.25, 0.3) is 0 Å². The first kappa shape index (κ1) is 28.3. The Kier molecular flexibility index (Phi) is 10.1. The van der Waals surface area contributed by atoms with Gasteiger partial charge >= 0.3 is 192 Å². The largest absolute Gasteiger partial charge is 0.248 e. The minimum absolute atomic E-state index is 0.179. The van der Waals surface area contributed by atoms with Gasteiger partial charge in [0.1, 0.15) is 0 Å². The quantitative estimate of drug-likeness (QED) is 0.169. The Morgan fingerprint density at radius 2 is 1.06 bits per heavy atom. The molecule has 1 N–H and O–H groups in total. The first-order valence-electron chi connectivity index (χ1n) is 11.1. The van der Waals surface area contributed by atoms with E-state index in [1.54, 1.807) is 17.3 Å². The molecule has 179 valence electrons. The molecule has 0 aromatic heterocycles. The normalized spacial score (nSPS) is 12.0. The summed E-state index contributed by atoms with van der Waals surface area (Å²) in [5, 5.41) is 7.36. The summed E-state index contributed by atoms with van der Waals surface area (Å²) in [4.78, 5) is 0. The Hall–Kier alpha value is -1.95. The van der Waals surface area contributed by atoms with Crippen LogP contribution in [0.3, 0.4) is 0 Å². The van der Waals surface area contributed by atoms with Crippen molar-refractivity contribution in [2.45, 2.75) is 53.6 Å². The Labute approximate surface area is 213 Å². The van der Waals surface area contributed by atoms with Crippen molar-refractivity contribution in [3.05, 3.63) is 102 Å². The number of thiocarbonyl (C=S) groups is 1. The Morgan fingerprint density at radius 1 is 0.706 bits per heavy atom. The second kappa shape index (κ2) is 12.1. The molecule has 0 heterocycles. The minimum Gasteiger partial charge on any atom is -0.248 e. The van der Waals surface area contributed by atoms with Crippen LogP contribution in [-0.4, -0.2) is 24.9 Å². The van der Waals surface area contributed by atoms with Crippen LogP contribution in [0.2, 0.25) is 8.87 Å². The molecular weight excluding hydrogens is 558 g/mol. The summed E-state index contributed by atoms with van der Waals surface area (Å²) in [5.74, 6) is 0. The molecule has 34 heavy (non-hydrogen) atoms. The molecule has 0 unspecified atom stereocenters. The fraction of sp³-hybridized carbons (Fsp3) is 0.321. The predicted octanol–water partition coefficient (Wildman–Crippen LogP) is 8.03. The predicted molar refractivity (Wildman–Crippen MR) is 141 cm³/mol. The third-order valence-corrected chi connectivity index (χ3v) is 16.9. The third kappa shape index (κ3) is 7.79. The molecule has 6 heteroatoms. The number of hydrogen-bond acceptors (Lipinski definition) is 2. The monoisotopic (exact) mass is 590 g/mol. The summed E-state index contributed by atoms with van der Waals surface area (Å²) in [6.45, 7) is 8.70. The van der Waals surface area contributed by atoms with Gasteiger partial charge in [-0.15, -0.1) is 0 Å². The smallest absolute Gasteiger partial charge is 0.0554 e. The van der Waals surface area contributed by atoms with Gasteiger partial charge < -0.3 is 0 Å². The van der Waals surface area contributed by atoms with E-state index in [1.165, 1.54) is 23.3 Å². The van der Waals surface area contributed by atoms with Gasteiger partial charge in [-0.2, -0.15) is 0 Å². The van der Waals surface area contributed by atoms with Gasteiger partial charge in [0.05, 0.1) is 5.16 Å². The van der Waals surface area contributed by atoms with E-state index in [4.69, 9.17) is 5.41 Å². The summed E-state index contributed by atoms with van der Waals surface area (Å²) in [6, 6.07) is 26.7. The molecule has 1 nitrogen and oxygen atoms in total. The Morgan fingerprint density at radius 3 is 1.44 bits per heavy atom. The van der Waals surface area contributed by atoms with Crippen molar-refractivity contribution in [1.82, 2.24) is 0 Å². The molecule has 0 saturated heterocycles. The van der Waals surface area contributed by atoms with Gasteiger partial charge in [-0.05, 0) is 12.2 Å². The summed E-state index contributed by atoms with van der Waals surface area (Å²) < 4.78 is 44.1. The molecule has 3 aromatic rings. The maximum atomic E-state index is 14.0. The molecule has 0 bridgehead atoms. The number of benzene rings is 3. The van der Waals surface area contributed by atoms with Crippen molar-refractivity contribution < 1.29 is 13.2 Å². The molecule has 0 aliphatic heterocycles. The van der Waals surface area contributed by atoms with Gasteiger partial charge in [-0.1, -0.05) is 0 Å². The van der Waals surface area contributed by atoms with E-state index in [0.717, 1.165) is 8.87 Å². The van der Waals surface area contributed by atoms with Crippen LogP contribution in [0.1, 0.15) is 44.4 Å². The fourth-order valence-corrected chi connectivity index (χ4v) is 15.7. The van der Waals surface area contributed by atoms with Crippen LogP contribution in [0.4, 0.5) is 13.2 Å². The number of nitrogens with one attached hydrogen (secondary N) is 1. The minimum atomic E-state index is -4.32. The first-order valence-corrected chi connectivity index (χ1v) is 17.0. The van der Waals surface area contributed by atoms with Crippen LogP contribution >= 0.6 is 12.2 Å². The summed E-state index contributed by atoms with van der Waals surface area (Å²) >= 11 is 1.02. The SMILES string of the molecule is CC(C)([CH2][Sn]([CH2]C(C)(C)c1ccccc1)[c]1ccccc1C(F)(F)F)c1ccccc1.N=C=S. The van der Waals surface area contributed by atoms with Crippen molar-refractivity contribution in [3.8, 4) is 0 Å². The molecular formula is C28H31F3NSSn. The zero-order chi connectivity index (χ0) is 25.4. The summed E-state index contributed by atoms with van der Waals surface area (Å²) in [5.41, 5.74) is 1.59. The van der Waals surface area contributed by atoms with Crippen LogP contribution in [0.15, 0.2) is 84.9 Å². The molecule has 0 aliphatic carbocycles. The van der Waals surface area contributed by atoms with Crippen LogP contribution in [0.25, 0.3) is 0 Å². The van der Waals surface area contributed by atoms with Gasteiger partial charge in [0.2, 0.25) is 0 Å². The average molecular weight is 589 g/mol. The second-order valence-corrected chi connectivity index (χ2v) is 16.8. The van der Waals surface area contributed by atoms with Gasteiger partial charge in [0.15, 0.2) is 0 Å². The first-order chi connectivity index (χ1) is 15.9. The average Bonchev–Trinajstić information content (AvgIpc) is 2.79. The zero-order valence-electron chi connectivity index (χ0n) is 20.0. The molecule has 0 saturated carbocycles. The molecule has 0 fully saturated rings. The fourth-order valence-electron chi connectivity index (χ4n) is 4.34. The number of alkyl halides is 3. The van der Waals surface area contributed by atoms with Gasteiger partial charge in [0, 0.05) is 0 Å². The van der Waals surface area contributed by atoms with Crippen molar-refractivity contribution in [3.63, 3.8) is 0 Å². The molecule has 0 spiro atoms. The molecule has 0 atom stereocenters. The van der Waals surface area contributed by atoms with E-state index in [1.807, 2.05) is 36.4 Å². The maximum Gasteiger partial charge on any atom is 0.0554 e. The van der Waals surface area contributed by atoms with E-state index >= 15 is 0 Å². The topological polar surface area (TPSA) is 23.9 Å². The summed E-state index contributed by atoms with van der Waals surface area (Å²) in [7, 11) is 0. The van der Waals surface area contributed by atoms with E-state index in [0.29, 0.717) is 3.58 Å². The zero-order valence-corrected chi connectivity index (χ0v) is 23.7. The standard InChI is InChI=1S/2C10H13.C7H4F3.CHNS.Sn/c2*1-10(2,3)9-7-5-4-6-8-9;8-7(9,10)6-4-2-1-3-5-6;2-1-3;/h2*4-8H,1H2,2-3H3;1-4H;2H;. The number of hydrogen-bond donors (Lipinski definition) is 1.